The minimum atomic E-state index is -1.08. The molecule has 1 heterocycles. The summed E-state index contributed by atoms with van der Waals surface area (Å²) in [5, 5.41) is 0. The Morgan fingerprint density at radius 1 is 1.21 bits per heavy atom. The van der Waals surface area contributed by atoms with E-state index in [2.05, 4.69) is 16.6 Å². The van der Waals surface area contributed by atoms with Gasteiger partial charge in [0.15, 0.2) is 0 Å². The van der Waals surface area contributed by atoms with Crippen molar-refractivity contribution in [3.8, 4) is 17.6 Å². The van der Waals surface area contributed by atoms with E-state index in [1.165, 1.54) is 6.92 Å². The highest BCUT2D eigenvalue weighted by molar-refractivity contribution is 7.82. The molecule has 0 aliphatic carbocycles. The molecule has 6 nitrogen and oxygen atoms in total. The second kappa shape index (κ2) is 8.83. The van der Waals surface area contributed by atoms with Crippen LogP contribution in [0, 0.1) is 11.8 Å². The van der Waals surface area contributed by atoms with Gasteiger partial charge in [-0.25, -0.2) is 8.93 Å². The number of anilines is 1. The van der Waals surface area contributed by atoms with Crippen LogP contribution >= 0.6 is 0 Å². The fourth-order valence-corrected chi connectivity index (χ4v) is 3.20. The fourth-order valence-electron chi connectivity index (χ4n) is 2.92. The van der Waals surface area contributed by atoms with E-state index in [9.17, 15) is 13.8 Å². The van der Waals surface area contributed by atoms with Crippen LogP contribution in [-0.4, -0.2) is 28.9 Å². The fraction of sp³-hybridized carbons (Fsp3) is 0.238. The van der Waals surface area contributed by atoms with E-state index < -0.39 is 11.0 Å². The van der Waals surface area contributed by atoms with Crippen molar-refractivity contribution in [3.63, 3.8) is 0 Å². The molecule has 1 fully saturated rings. The van der Waals surface area contributed by atoms with Gasteiger partial charge < -0.3 is 9.64 Å². The van der Waals surface area contributed by atoms with E-state index in [1.54, 1.807) is 23.3 Å². The average molecular weight is 396 g/mol. The first kappa shape index (κ1) is 19.8. The van der Waals surface area contributed by atoms with Crippen molar-refractivity contribution in [2.24, 2.45) is 0 Å². The van der Waals surface area contributed by atoms with Crippen LogP contribution in [0.25, 0.3) is 0 Å². The molecule has 2 aromatic carbocycles. The topological polar surface area (TPSA) is 75.7 Å². The molecule has 1 amide bonds. The highest BCUT2D eigenvalue weighted by atomic mass is 32.2. The summed E-state index contributed by atoms with van der Waals surface area (Å²) in [5.41, 5.74) is 2.62. The molecule has 28 heavy (non-hydrogen) atoms. The van der Waals surface area contributed by atoms with Gasteiger partial charge in [0.25, 0.3) is 0 Å². The zero-order chi connectivity index (χ0) is 20.1. The molecule has 0 aromatic heterocycles. The molecule has 0 radical (unpaired) electrons. The number of benzene rings is 2. The monoisotopic (exact) mass is 396 g/mol. The minimum absolute atomic E-state index is 0.0421. The Bertz CT molecular complexity index is 959. The molecule has 7 heteroatoms. The molecule has 0 spiro atoms. The van der Waals surface area contributed by atoms with Crippen LogP contribution < -0.4 is 14.4 Å². The molecular formula is C21H20N2O4S. The predicted molar refractivity (Wildman–Crippen MR) is 108 cm³/mol. The standard InChI is InChI=1S/C21H20N2O4S/c1-15(24)27-19-11-7-17(8-12-19)20-14-21(25)23(20)18-9-5-16(6-10-18)4-3-13-22-28(2)26/h5-12,20,22H,13-14H2,1-2H3/t20-,28?/m0/s1. The summed E-state index contributed by atoms with van der Waals surface area (Å²) in [6.07, 6.45) is 2.00. The number of rotatable bonds is 5. The number of nitrogens with one attached hydrogen (secondary N) is 1. The lowest BCUT2D eigenvalue weighted by atomic mass is 9.93. The quantitative estimate of drug-likeness (QED) is 0.364. The van der Waals surface area contributed by atoms with E-state index in [0.717, 1.165) is 16.8 Å². The Labute approximate surface area is 166 Å². The highest BCUT2D eigenvalue weighted by Gasteiger charge is 2.38. The van der Waals surface area contributed by atoms with Crippen LogP contribution in [0.2, 0.25) is 0 Å². The van der Waals surface area contributed by atoms with Crippen molar-refractivity contribution in [1.29, 1.82) is 0 Å². The summed E-state index contributed by atoms with van der Waals surface area (Å²) in [6.45, 7) is 1.70. The van der Waals surface area contributed by atoms with Crippen molar-refractivity contribution in [3.05, 3.63) is 59.7 Å². The summed E-state index contributed by atoms with van der Waals surface area (Å²) in [5.74, 6) is 6.06. The van der Waals surface area contributed by atoms with Crippen LogP contribution in [0.5, 0.6) is 5.75 Å². The number of nitrogens with zero attached hydrogens (tertiary/aromatic N) is 1. The van der Waals surface area contributed by atoms with Crippen LogP contribution in [0.4, 0.5) is 5.69 Å². The SMILES string of the molecule is CC(=O)Oc1ccc([C@@H]2CC(=O)N2c2ccc(C#CCNS(C)=O)cc2)cc1. The molecule has 1 aliphatic rings. The van der Waals surface area contributed by atoms with Crippen LogP contribution in [0.1, 0.15) is 30.5 Å². The van der Waals surface area contributed by atoms with E-state index >= 15 is 0 Å². The molecule has 1 aliphatic heterocycles. The van der Waals surface area contributed by atoms with Gasteiger partial charge in [-0.15, -0.1) is 0 Å². The second-order valence-electron chi connectivity index (χ2n) is 6.27. The van der Waals surface area contributed by atoms with Gasteiger partial charge in [0.05, 0.1) is 30.0 Å². The first-order chi connectivity index (χ1) is 13.4. The van der Waals surface area contributed by atoms with Crippen molar-refractivity contribution in [1.82, 2.24) is 4.72 Å². The predicted octanol–water partition coefficient (Wildman–Crippen LogP) is 2.32. The Morgan fingerprint density at radius 2 is 1.89 bits per heavy atom. The molecular weight excluding hydrogens is 376 g/mol. The third-order valence-electron chi connectivity index (χ3n) is 4.22. The smallest absolute Gasteiger partial charge is 0.308 e. The van der Waals surface area contributed by atoms with Gasteiger partial charge in [0.1, 0.15) is 5.75 Å². The maximum atomic E-state index is 12.2. The summed E-state index contributed by atoms with van der Waals surface area (Å²) < 4.78 is 18.7. The minimum Gasteiger partial charge on any atom is -0.427 e. The molecule has 3 rings (SSSR count). The Balaban J connectivity index is 1.69. The van der Waals surface area contributed by atoms with E-state index in [0.29, 0.717) is 18.7 Å². The molecule has 2 atom stereocenters. The maximum absolute atomic E-state index is 12.2. The van der Waals surface area contributed by atoms with Gasteiger partial charge in [-0.2, -0.15) is 0 Å². The van der Waals surface area contributed by atoms with Gasteiger partial charge in [-0.1, -0.05) is 24.0 Å². The first-order valence-corrected chi connectivity index (χ1v) is 10.3. The summed E-state index contributed by atoms with van der Waals surface area (Å²) in [7, 11) is -1.08. The van der Waals surface area contributed by atoms with Gasteiger partial charge >= 0.3 is 5.97 Å². The van der Waals surface area contributed by atoms with Gasteiger partial charge in [0.2, 0.25) is 5.91 Å². The van der Waals surface area contributed by atoms with Crippen LogP contribution in [0.15, 0.2) is 48.5 Å². The number of carbonyl (C=O) groups is 2. The molecule has 144 valence electrons. The van der Waals surface area contributed by atoms with Gasteiger partial charge in [0, 0.05) is 24.4 Å². The van der Waals surface area contributed by atoms with Crippen molar-refractivity contribution >= 4 is 28.5 Å². The third kappa shape index (κ3) is 4.85. The second-order valence-corrected chi connectivity index (χ2v) is 7.47. The normalized spacial score (nSPS) is 16.6. The van der Waals surface area contributed by atoms with Crippen molar-refractivity contribution in [2.45, 2.75) is 19.4 Å². The zero-order valence-corrected chi connectivity index (χ0v) is 16.4. The largest absolute Gasteiger partial charge is 0.427 e. The Kier molecular flexibility index (Phi) is 6.24. The number of esters is 1. The number of carbonyl (C=O) groups excluding carboxylic acids is 2. The summed E-state index contributed by atoms with van der Waals surface area (Å²) >= 11 is 0. The molecule has 1 saturated heterocycles. The number of β-lactam (4-membered cyclic amide) rings is 1. The van der Waals surface area contributed by atoms with Gasteiger partial charge in [-0.3, -0.25) is 9.59 Å². The average Bonchev–Trinajstić information content (AvgIpc) is 2.65. The number of hydrogen-bond donors (Lipinski definition) is 1. The number of amides is 1. The number of hydrogen-bond acceptors (Lipinski definition) is 4. The lowest BCUT2D eigenvalue weighted by molar-refractivity contribution is -0.131. The van der Waals surface area contributed by atoms with Gasteiger partial charge in [-0.05, 0) is 42.0 Å². The molecule has 0 bridgehead atoms. The van der Waals surface area contributed by atoms with E-state index in [1.807, 2.05) is 36.4 Å². The van der Waals surface area contributed by atoms with Crippen LogP contribution in [0.3, 0.4) is 0 Å². The zero-order valence-electron chi connectivity index (χ0n) is 15.6. The molecule has 1 unspecified atom stereocenters. The molecule has 2 aromatic rings. The van der Waals surface area contributed by atoms with Crippen molar-refractivity contribution < 1.29 is 18.5 Å². The lowest BCUT2D eigenvalue weighted by Gasteiger charge is -2.40. The van der Waals surface area contributed by atoms with E-state index in [4.69, 9.17) is 4.74 Å². The van der Waals surface area contributed by atoms with Crippen molar-refractivity contribution in [2.75, 3.05) is 17.7 Å². The summed E-state index contributed by atoms with van der Waals surface area (Å²) in [4.78, 5) is 24.9. The third-order valence-corrected chi connectivity index (χ3v) is 4.77. The lowest BCUT2D eigenvalue weighted by Crippen LogP contribution is -2.46. The van der Waals surface area contributed by atoms with E-state index in [-0.39, 0.29) is 17.9 Å². The Hall–Kier alpha value is -2.95. The highest BCUT2D eigenvalue weighted by Crippen LogP contribution is 2.39. The molecule has 1 N–H and O–H groups in total. The number of ether oxygens (including phenoxy) is 1. The first-order valence-electron chi connectivity index (χ1n) is 8.70. The molecule has 0 saturated carbocycles. The van der Waals surface area contributed by atoms with Crippen LogP contribution in [-0.2, 0) is 20.6 Å². The maximum Gasteiger partial charge on any atom is 0.308 e. The summed E-state index contributed by atoms with van der Waals surface area (Å²) in [6, 6.07) is 14.6. The Morgan fingerprint density at radius 3 is 2.46 bits per heavy atom.